The van der Waals surface area contributed by atoms with E-state index >= 15 is 0 Å². The zero-order chi connectivity index (χ0) is 21.8. The second kappa shape index (κ2) is 13.3. The Morgan fingerprint density at radius 2 is 1.29 bits per heavy atom. The molecule has 1 unspecified atom stereocenters. The van der Waals surface area contributed by atoms with Gasteiger partial charge in [-0.1, -0.05) is 113 Å². The van der Waals surface area contributed by atoms with E-state index in [1.165, 1.54) is 88.2 Å². The summed E-state index contributed by atoms with van der Waals surface area (Å²) in [6, 6.07) is 21.9. The van der Waals surface area contributed by atoms with Crippen LogP contribution in [0.4, 0.5) is 0 Å². The molecule has 1 aliphatic carbocycles. The van der Waals surface area contributed by atoms with Gasteiger partial charge in [-0.3, -0.25) is 0 Å². The molecule has 0 heterocycles. The summed E-state index contributed by atoms with van der Waals surface area (Å²) in [4.78, 5) is 0. The Bertz CT molecular complexity index is 662. The third kappa shape index (κ3) is 7.98. The van der Waals surface area contributed by atoms with Gasteiger partial charge in [-0.05, 0) is 61.5 Å². The maximum Gasteiger partial charge on any atom is 0.0336 e. The van der Waals surface area contributed by atoms with Gasteiger partial charge in [0.25, 0.3) is 0 Å². The standard InChI is InChI=1S/C30H43Cl/c1-2-3-11-22-30(23-12-6-13-24-30)25-14-19-28(31)20-21-29(26-15-7-4-8-16-26)27-17-9-5-10-18-27/h4-5,7-10,15-18,28-29H,2-3,6,11-14,19-25H2,1H3. The highest BCUT2D eigenvalue weighted by atomic mass is 35.5. The average Bonchev–Trinajstić information content (AvgIpc) is 2.81. The molecular weight excluding hydrogens is 396 g/mol. The molecule has 2 aromatic rings. The topological polar surface area (TPSA) is 0 Å². The number of hydrogen-bond donors (Lipinski definition) is 0. The molecule has 0 aliphatic heterocycles. The van der Waals surface area contributed by atoms with Crippen molar-refractivity contribution in [1.29, 1.82) is 0 Å². The minimum Gasteiger partial charge on any atom is -0.123 e. The Kier molecular flexibility index (Phi) is 10.5. The van der Waals surface area contributed by atoms with Crippen LogP contribution in [0.3, 0.4) is 0 Å². The monoisotopic (exact) mass is 438 g/mol. The van der Waals surface area contributed by atoms with Crippen LogP contribution in [0, 0.1) is 5.41 Å². The number of benzene rings is 2. The van der Waals surface area contributed by atoms with Crippen LogP contribution in [-0.4, -0.2) is 5.38 Å². The number of unbranched alkanes of at least 4 members (excludes halogenated alkanes) is 2. The lowest BCUT2D eigenvalue weighted by Gasteiger charge is -2.38. The van der Waals surface area contributed by atoms with Gasteiger partial charge in [-0.15, -0.1) is 11.6 Å². The number of alkyl halides is 1. The number of halogens is 1. The highest BCUT2D eigenvalue weighted by Crippen LogP contribution is 2.45. The summed E-state index contributed by atoms with van der Waals surface area (Å²) in [6.45, 7) is 2.32. The second-order valence-corrected chi connectivity index (χ2v) is 10.6. The Balaban J connectivity index is 1.50. The molecule has 0 nitrogen and oxygen atoms in total. The largest absolute Gasteiger partial charge is 0.123 e. The zero-order valence-corrected chi connectivity index (χ0v) is 20.5. The molecule has 0 bridgehead atoms. The van der Waals surface area contributed by atoms with Crippen LogP contribution in [0.1, 0.15) is 114 Å². The summed E-state index contributed by atoms with van der Waals surface area (Å²) in [5.41, 5.74) is 3.46. The van der Waals surface area contributed by atoms with Gasteiger partial charge in [0.15, 0.2) is 0 Å². The highest BCUT2D eigenvalue weighted by Gasteiger charge is 2.31. The summed E-state index contributed by atoms with van der Waals surface area (Å²) in [6.07, 6.45) is 19.0. The van der Waals surface area contributed by atoms with Crippen LogP contribution in [0.15, 0.2) is 60.7 Å². The minimum atomic E-state index is 0.297. The van der Waals surface area contributed by atoms with Gasteiger partial charge in [0.1, 0.15) is 0 Å². The lowest BCUT2D eigenvalue weighted by Crippen LogP contribution is -2.24. The van der Waals surface area contributed by atoms with Crippen molar-refractivity contribution in [2.75, 3.05) is 0 Å². The maximum atomic E-state index is 6.89. The predicted molar refractivity (Wildman–Crippen MR) is 137 cm³/mol. The van der Waals surface area contributed by atoms with Crippen molar-refractivity contribution in [3.8, 4) is 0 Å². The van der Waals surface area contributed by atoms with Crippen molar-refractivity contribution < 1.29 is 0 Å². The summed E-state index contributed by atoms with van der Waals surface area (Å²) >= 11 is 6.89. The van der Waals surface area contributed by atoms with Gasteiger partial charge in [-0.25, -0.2) is 0 Å². The minimum absolute atomic E-state index is 0.297. The van der Waals surface area contributed by atoms with Crippen LogP contribution in [0.2, 0.25) is 0 Å². The van der Waals surface area contributed by atoms with Crippen molar-refractivity contribution in [2.24, 2.45) is 5.41 Å². The molecule has 0 aromatic heterocycles. The lowest BCUT2D eigenvalue weighted by molar-refractivity contribution is 0.147. The van der Waals surface area contributed by atoms with Gasteiger partial charge >= 0.3 is 0 Å². The van der Waals surface area contributed by atoms with Crippen LogP contribution < -0.4 is 0 Å². The van der Waals surface area contributed by atoms with Gasteiger partial charge < -0.3 is 0 Å². The van der Waals surface area contributed by atoms with Crippen molar-refractivity contribution in [2.45, 2.75) is 108 Å². The van der Waals surface area contributed by atoms with E-state index in [0.717, 1.165) is 12.8 Å². The fourth-order valence-electron chi connectivity index (χ4n) is 5.76. The second-order valence-electron chi connectivity index (χ2n) is 9.96. The summed E-state index contributed by atoms with van der Waals surface area (Å²) in [7, 11) is 0. The van der Waals surface area contributed by atoms with E-state index in [1.54, 1.807) is 0 Å². The maximum absolute atomic E-state index is 6.89. The van der Waals surface area contributed by atoms with Crippen molar-refractivity contribution >= 4 is 11.6 Å². The van der Waals surface area contributed by atoms with Crippen LogP contribution in [0.5, 0.6) is 0 Å². The molecular formula is C30H43Cl. The molecule has 0 radical (unpaired) electrons. The van der Waals surface area contributed by atoms with Crippen molar-refractivity contribution in [3.05, 3.63) is 71.8 Å². The first kappa shape index (κ1) is 24.4. The van der Waals surface area contributed by atoms with Crippen LogP contribution >= 0.6 is 11.6 Å². The number of hydrogen-bond acceptors (Lipinski definition) is 0. The zero-order valence-electron chi connectivity index (χ0n) is 19.7. The molecule has 1 saturated carbocycles. The molecule has 0 saturated heterocycles. The lowest BCUT2D eigenvalue weighted by atomic mass is 9.68. The van der Waals surface area contributed by atoms with E-state index in [0.29, 0.717) is 16.7 Å². The molecule has 1 heteroatoms. The van der Waals surface area contributed by atoms with E-state index in [1.807, 2.05) is 0 Å². The Labute approximate surface area is 196 Å². The van der Waals surface area contributed by atoms with Crippen molar-refractivity contribution in [3.63, 3.8) is 0 Å². The van der Waals surface area contributed by atoms with Gasteiger partial charge in [0.05, 0.1) is 0 Å². The van der Waals surface area contributed by atoms with Gasteiger partial charge in [-0.2, -0.15) is 0 Å². The summed E-state index contributed by atoms with van der Waals surface area (Å²) in [5, 5.41) is 0.297. The van der Waals surface area contributed by atoms with E-state index in [2.05, 4.69) is 67.6 Å². The molecule has 1 fully saturated rings. The van der Waals surface area contributed by atoms with Crippen LogP contribution in [0.25, 0.3) is 0 Å². The molecule has 1 atom stereocenters. The van der Waals surface area contributed by atoms with E-state index < -0.39 is 0 Å². The number of rotatable bonds is 13. The molecule has 0 amide bonds. The smallest absolute Gasteiger partial charge is 0.0336 e. The van der Waals surface area contributed by atoms with Crippen LogP contribution in [-0.2, 0) is 0 Å². The molecule has 3 rings (SSSR count). The van der Waals surface area contributed by atoms with E-state index in [-0.39, 0.29) is 0 Å². The predicted octanol–water partition coefficient (Wildman–Crippen LogP) is 9.91. The summed E-state index contributed by atoms with van der Waals surface area (Å²) in [5.74, 6) is 0.447. The highest BCUT2D eigenvalue weighted by molar-refractivity contribution is 6.20. The van der Waals surface area contributed by atoms with Gasteiger partial charge in [0, 0.05) is 11.3 Å². The molecule has 0 N–H and O–H groups in total. The molecule has 1 aliphatic rings. The SMILES string of the molecule is CCCCCC1(CCCC(Cl)CCC(c2ccccc2)c2ccccc2)CCCCC1. The molecule has 0 spiro atoms. The Morgan fingerprint density at radius 1 is 0.710 bits per heavy atom. The van der Waals surface area contributed by atoms with Crippen molar-refractivity contribution in [1.82, 2.24) is 0 Å². The normalized spacial score (nSPS) is 17.0. The first-order chi connectivity index (χ1) is 15.2. The summed E-state index contributed by atoms with van der Waals surface area (Å²) < 4.78 is 0. The van der Waals surface area contributed by atoms with Gasteiger partial charge in [0.2, 0.25) is 0 Å². The quantitative estimate of drug-likeness (QED) is 0.215. The first-order valence-corrected chi connectivity index (χ1v) is 13.4. The fourth-order valence-corrected chi connectivity index (χ4v) is 6.04. The Hall–Kier alpha value is -1.27. The molecule has 2 aromatic carbocycles. The Morgan fingerprint density at radius 3 is 1.87 bits per heavy atom. The third-order valence-corrected chi connectivity index (χ3v) is 8.06. The van der Waals surface area contributed by atoms with E-state index in [4.69, 9.17) is 11.6 Å². The average molecular weight is 439 g/mol. The first-order valence-electron chi connectivity index (χ1n) is 13.0. The fraction of sp³-hybridized carbons (Fsp3) is 0.600. The third-order valence-electron chi connectivity index (χ3n) is 7.62. The molecule has 170 valence electrons. The van der Waals surface area contributed by atoms with E-state index in [9.17, 15) is 0 Å². The molecule has 31 heavy (non-hydrogen) atoms.